The predicted octanol–water partition coefficient (Wildman–Crippen LogP) is 2.71. The number of aryl methyl sites for hydroxylation is 1. The summed E-state index contributed by atoms with van der Waals surface area (Å²) in [6.07, 6.45) is 3.00. The Labute approximate surface area is 186 Å². The highest BCUT2D eigenvalue weighted by Gasteiger charge is 2.16. The van der Waals surface area contributed by atoms with Gasteiger partial charge in [-0.2, -0.15) is 5.10 Å². The number of fused-ring (bicyclic) bond motifs is 1. The molecule has 0 N–H and O–H groups in total. The van der Waals surface area contributed by atoms with Gasteiger partial charge in [0.25, 0.3) is 0 Å². The van der Waals surface area contributed by atoms with Gasteiger partial charge in [0, 0.05) is 56.3 Å². The van der Waals surface area contributed by atoms with Crippen LogP contribution in [-0.2, 0) is 16.0 Å². The van der Waals surface area contributed by atoms with E-state index < -0.39 is 0 Å². The normalized spacial score (nSPS) is 18.0. The van der Waals surface area contributed by atoms with E-state index in [0.717, 1.165) is 81.1 Å². The highest BCUT2D eigenvalue weighted by atomic mass is 35.5. The van der Waals surface area contributed by atoms with Crippen molar-refractivity contribution in [3.05, 3.63) is 35.6 Å². The highest BCUT2D eigenvalue weighted by molar-refractivity contribution is 6.29. The number of nitrogens with zero attached hydrogens (tertiary/aromatic N) is 6. The van der Waals surface area contributed by atoms with Gasteiger partial charge in [0.1, 0.15) is 5.15 Å². The largest absolute Gasteiger partial charge is 0.379 e. The minimum Gasteiger partial charge on any atom is -0.379 e. The molecule has 0 bridgehead atoms. The maximum absolute atomic E-state index is 6.33. The Morgan fingerprint density at radius 3 is 2.48 bits per heavy atom. The van der Waals surface area contributed by atoms with E-state index in [2.05, 4.69) is 42.8 Å². The molecule has 0 aliphatic carbocycles. The molecule has 0 amide bonds. The lowest BCUT2D eigenvalue weighted by molar-refractivity contribution is 0.0368. The number of morpholine rings is 2. The van der Waals surface area contributed by atoms with Crippen LogP contribution in [-0.4, -0.2) is 83.8 Å². The molecule has 2 aliphatic heterocycles. The molecule has 0 saturated carbocycles. The molecule has 0 unspecified atom stereocenters. The zero-order valence-corrected chi connectivity index (χ0v) is 18.3. The van der Waals surface area contributed by atoms with Gasteiger partial charge in [-0.15, -0.1) is 0 Å². The Morgan fingerprint density at radius 1 is 0.903 bits per heavy atom. The topological polar surface area (TPSA) is 68.5 Å². The van der Waals surface area contributed by atoms with Crippen LogP contribution in [0.5, 0.6) is 0 Å². The summed E-state index contributed by atoms with van der Waals surface area (Å²) in [7, 11) is 0. The van der Waals surface area contributed by atoms with Crippen molar-refractivity contribution < 1.29 is 9.47 Å². The summed E-state index contributed by atoms with van der Waals surface area (Å²) in [5.74, 6) is 0.657. The molecule has 2 saturated heterocycles. The van der Waals surface area contributed by atoms with Gasteiger partial charge in [-0.25, -0.2) is 9.97 Å². The van der Waals surface area contributed by atoms with Gasteiger partial charge < -0.3 is 14.4 Å². The minimum atomic E-state index is 0.449. The summed E-state index contributed by atoms with van der Waals surface area (Å²) in [6, 6.07) is 8.16. The predicted molar refractivity (Wildman–Crippen MR) is 121 cm³/mol. The number of anilines is 1. The number of hydrogen-bond donors (Lipinski definition) is 0. The first-order chi connectivity index (χ1) is 15.3. The molecule has 164 valence electrons. The zero-order chi connectivity index (χ0) is 21.0. The molecule has 5 rings (SSSR count). The molecular weight excluding hydrogens is 416 g/mol. The number of hydrogen-bond acceptors (Lipinski definition) is 7. The third-order valence-corrected chi connectivity index (χ3v) is 6.06. The molecule has 1 aromatic carbocycles. The third kappa shape index (κ3) is 4.82. The van der Waals surface area contributed by atoms with Crippen LogP contribution in [0.25, 0.3) is 22.2 Å². The van der Waals surface area contributed by atoms with Crippen LogP contribution in [0, 0.1) is 0 Å². The summed E-state index contributed by atoms with van der Waals surface area (Å²) in [5.41, 5.74) is 2.97. The van der Waals surface area contributed by atoms with Crippen LogP contribution in [0.4, 0.5) is 5.95 Å². The van der Waals surface area contributed by atoms with Gasteiger partial charge in [0.15, 0.2) is 0 Å². The molecule has 0 radical (unpaired) electrons. The Bertz CT molecular complexity index is 1030. The molecule has 31 heavy (non-hydrogen) atoms. The molecule has 2 aromatic heterocycles. The summed E-state index contributed by atoms with van der Waals surface area (Å²) >= 11 is 6.33. The van der Waals surface area contributed by atoms with Crippen molar-refractivity contribution in [2.45, 2.75) is 13.0 Å². The molecule has 9 heteroatoms. The Hall–Kier alpha value is -2.26. The zero-order valence-electron chi connectivity index (χ0n) is 17.5. The number of rotatable bonds is 6. The fourth-order valence-corrected chi connectivity index (χ4v) is 4.33. The van der Waals surface area contributed by atoms with E-state index in [1.165, 1.54) is 0 Å². The average molecular weight is 443 g/mol. The molecule has 0 spiro atoms. The van der Waals surface area contributed by atoms with Crippen LogP contribution in [0.2, 0.25) is 5.15 Å². The van der Waals surface area contributed by atoms with Crippen molar-refractivity contribution in [2.24, 2.45) is 0 Å². The highest BCUT2D eigenvalue weighted by Crippen LogP contribution is 2.27. The van der Waals surface area contributed by atoms with Gasteiger partial charge in [-0.1, -0.05) is 17.7 Å². The second-order valence-corrected chi connectivity index (χ2v) is 8.31. The number of halogens is 1. The van der Waals surface area contributed by atoms with E-state index in [9.17, 15) is 0 Å². The monoisotopic (exact) mass is 442 g/mol. The molecule has 2 aliphatic rings. The smallest absolute Gasteiger partial charge is 0.227 e. The van der Waals surface area contributed by atoms with Crippen molar-refractivity contribution in [3.63, 3.8) is 0 Å². The Morgan fingerprint density at radius 2 is 1.68 bits per heavy atom. The van der Waals surface area contributed by atoms with Crippen LogP contribution in [0.15, 0.2) is 30.5 Å². The van der Waals surface area contributed by atoms with Crippen molar-refractivity contribution in [3.8, 4) is 11.3 Å². The third-order valence-electron chi connectivity index (χ3n) is 5.86. The summed E-state index contributed by atoms with van der Waals surface area (Å²) in [5, 5.41) is 6.17. The van der Waals surface area contributed by atoms with Gasteiger partial charge in [-0.3, -0.25) is 9.58 Å². The van der Waals surface area contributed by atoms with Crippen LogP contribution < -0.4 is 4.90 Å². The molecule has 8 nitrogen and oxygen atoms in total. The maximum atomic E-state index is 6.33. The fraction of sp³-hybridized carbons (Fsp3) is 0.500. The second-order valence-electron chi connectivity index (χ2n) is 7.92. The van der Waals surface area contributed by atoms with E-state index in [1.807, 2.05) is 12.3 Å². The molecule has 3 aromatic rings. The van der Waals surface area contributed by atoms with Crippen molar-refractivity contribution in [2.75, 3.05) is 64.1 Å². The average Bonchev–Trinajstić information content (AvgIpc) is 3.22. The second kappa shape index (κ2) is 9.48. The van der Waals surface area contributed by atoms with Crippen molar-refractivity contribution >= 4 is 28.5 Å². The van der Waals surface area contributed by atoms with Gasteiger partial charge in [0.05, 0.1) is 43.8 Å². The first-order valence-electron chi connectivity index (χ1n) is 10.9. The summed E-state index contributed by atoms with van der Waals surface area (Å²) in [4.78, 5) is 13.8. The number of benzene rings is 1. The lowest BCUT2D eigenvalue weighted by Crippen LogP contribution is -2.37. The van der Waals surface area contributed by atoms with E-state index in [-0.39, 0.29) is 0 Å². The van der Waals surface area contributed by atoms with Crippen LogP contribution in [0.1, 0.15) is 6.42 Å². The van der Waals surface area contributed by atoms with Gasteiger partial charge in [0.2, 0.25) is 5.95 Å². The molecule has 4 heterocycles. The maximum Gasteiger partial charge on any atom is 0.227 e. The lowest BCUT2D eigenvalue weighted by Gasteiger charge is -2.27. The fourth-order valence-electron chi connectivity index (χ4n) is 4.15. The molecule has 2 fully saturated rings. The van der Waals surface area contributed by atoms with Crippen molar-refractivity contribution in [1.82, 2.24) is 24.6 Å². The van der Waals surface area contributed by atoms with E-state index in [0.29, 0.717) is 24.3 Å². The number of ether oxygens (including phenoxy) is 2. The van der Waals surface area contributed by atoms with Crippen LogP contribution in [0.3, 0.4) is 0 Å². The van der Waals surface area contributed by atoms with E-state index in [1.54, 1.807) is 0 Å². The Kier molecular flexibility index (Phi) is 6.31. The standard InChI is InChI=1S/C22H27ClN6O2/c23-21-15-19(25-22(26-21)28-8-12-31-13-9-28)17-2-3-20-18(14-17)16-24-29(20)5-1-4-27-6-10-30-11-7-27/h2-3,14-16H,1,4-13H2. The molecule has 0 atom stereocenters. The minimum absolute atomic E-state index is 0.449. The summed E-state index contributed by atoms with van der Waals surface area (Å²) in [6.45, 7) is 8.62. The molecular formula is C22H27ClN6O2. The SMILES string of the molecule is Clc1cc(-c2ccc3c(cnn3CCCN3CCOCC3)c2)nc(N2CCOCC2)n1. The van der Waals surface area contributed by atoms with E-state index in [4.69, 9.17) is 26.1 Å². The number of aromatic nitrogens is 4. The van der Waals surface area contributed by atoms with E-state index >= 15 is 0 Å². The van der Waals surface area contributed by atoms with Gasteiger partial charge in [-0.05, 0) is 18.6 Å². The Balaban J connectivity index is 1.31. The summed E-state index contributed by atoms with van der Waals surface area (Å²) < 4.78 is 12.9. The van der Waals surface area contributed by atoms with Crippen molar-refractivity contribution in [1.29, 1.82) is 0 Å². The first-order valence-corrected chi connectivity index (χ1v) is 11.3. The quantitative estimate of drug-likeness (QED) is 0.543. The van der Waals surface area contributed by atoms with Crippen LogP contribution >= 0.6 is 11.6 Å². The first kappa shape index (κ1) is 20.6. The van der Waals surface area contributed by atoms with Gasteiger partial charge >= 0.3 is 0 Å². The lowest BCUT2D eigenvalue weighted by atomic mass is 10.1.